The van der Waals surface area contributed by atoms with E-state index in [1.807, 2.05) is 12.1 Å². The third-order valence-corrected chi connectivity index (χ3v) is 6.14. The van der Waals surface area contributed by atoms with Gasteiger partial charge in [0.1, 0.15) is 5.75 Å². The Morgan fingerprint density at radius 1 is 1.31 bits per heavy atom. The van der Waals surface area contributed by atoms with Crippen LogP contribution in [0, 0.1) is 0 Å². The molecule has 1 saturated heterocycles. The molecular weight excluding hydrogens is 360 g/mol. The summed E-state index contributed by atoms with van der Waals surface area (Å²) in [6.45, 7) is 0.206. The van der Waals surface area contributed by atoms with E-state index in [0.29, 0.717) is 5.75 Å². The van der Waals surface area contributed by atoms with Crippen LogP contribution in [0.3, 0.4) is 0 Å². The summed E-state index contributed by atoms with van der Waals surface area (Å²) >= 11 is 0. The van der Waals surface area contributed by atoms with Gasteiger partial charge in [0.25, 0.3) is 10.0 Å². The third-order valence-electron chi connectivity index (χ3n) is 4.42. The maximum atomic E-state index is 12.8. The number of methoxy groups -OCH3 is 1. The van der Waals surface area contributed by atoms with Crippen molar-refractivity contribution >= 4 is 16.1 Å². The van der Waals surface area contributed by atoms with Crippen LogP contribution in [0.1, 0.15) is 11.5 Å². The molecule has 9 nitrogen and oxygen atoms in total. The van der Waals surface area contributed by atoms with Crippen molar-refractivity contribution in [1.29, 1.82) is 0 Å². The zero-order chi connectivity index (χ0) is 18.9. The van der Waals surface area contributed by atoms with Crippen molar-refractivity contribution in [2.75, 3.05) is 20.2 Å². The van der Waals surface area contributed by atoms with Crippen LogP contribution in [0.4, 0.5) is 4.79 Å². The zero-order valence-electron chi connectivity index (χ0n) is 14.4. The Morgan fingerprint density at radius 2 is 2.00 bits per heavy atom. The molecular formula is C16H20N4O5S. The number of hydrogen-bond acceptors (Lipinski definition) is 5. The number of nitrogens with zero attached hydrogens (tertiary/aromatic N) is 3. The van der Waals surface area contributed by atoms with Crippen LogP contribution >= 0.6 is 0 Å². The van der Waals surface area contributed by atoms with E-state index in [0.717, 1.165) is 5.56 Å². The first kappa shape index (κ1) is 18.2. The van der Waals surface area contributed by atoms with E-state index in [1.54, 1.807) is 30.9 Å². The van der Waals surface area contributed by atoms with Crippen LogP contribution in [0.2, 0.25) is 0 Å². The summed E-state index contributed by atoms with van der Waals surface area (Å²) in [7, 11) is -0.555. The minimum absolute atomic E-state index is 0.0436. The van der Waals surface area contributed by atoms with Gasteiger partial charge in [0.2, 0.25) is 0 Å². The smallest absolute Gasteiger partial charge is 0.404 e. The van der Waals surface area contributed by atoms with Gasteiger partial charge in [-0.3, -0.25) is 0 Å². The number of rotatable bonds is 5. The van der Waals surface area contributed by atoms with Crippen LogP contribution in [0.15, 0.2) is 41.8 Å². The Bertz CT molecular complexity index is 894. The molecule has 0 bridgehead atoms. The van der Waals surface area contributed by atoms with Gasteiger partial charge >= 0.3 is 6.09 Å². The van der Waals surface area contributed by atoms with E-state index >= 15 is 0 Å². The van der Waals surface area contributed by atoms with Crippen molar-refractivity contribution in [1.82, 2.24) is 19.2 Å². The molecule has 0 unspecified atom stereocenters. The van der Waals surface area contributed by atoms with Crippen LogP contribution < -0.4 is 10.1 Å². The fourth-order valence-corrected chi connectivity index (χ4v) is 4.57. The molecule has 1 fully saturated rings. The Balaban J connectivity index is 1.89. The standard InChI is InChI=1S/C16H20N4O5S/c1-19-9-15(17-10-19)26(23,24)20-7-13(14(8-20)18-16(21)22)11-3-5-12(25-2)6-4-11/h3-6,9-10,13-14,18H,7-8H2,1-2H3,(H,21,22)/t13-,14+/m1/s1. The number of benzene rings is 1. The van der Waals surface area contributed by atoms with Crippen LogP contribution in [-0.4, -0.2) is 59.7 Å². The Hall–Kier alpha value is -2.59. The highest BCUT2D eigenvalue weighted by atomic mass is 32.2. The fraction of sp³-hybridized carbons (Fsp3) is 0.375. The fourth-order valence-electron chi connectivity index (χ4n) is 3.11. The van der Waals surface area contributed by atoms with Crippen LogP contribution in [-0.2, 0) is 17.1 Å². The highest BCUT2D eigenvalue weighted by Gasteiger charge is 2.41. The van der Waals surface area contributed by atoms with Gasteiger partial charge in [-0.25, -0.2) is 18.2 Å². The Morgan fingerprint density at radius 3 is 2.54 bits per heavy atom. The molecule has 3 rings (SSSR count). The molecule has 1 amide bonds. The molecule has 2 heterocycles. The van der Waals surface area contributed by atoms with Gasteiger partial charge in [-0.15, -0.1) is 0 Å². The lowest BCUT2D eigenvalue weighted by Crippen LogP contribution is -2.39. The summed E-state index contributed by atoms with van der Waals surface area (Å²) in [6, 6.07) is 6.61. The molecule has 26 heavy (non-hydrogen) atoms. The SMILES string of the molecule is COc1ccc([C@H]2CN(S(=O)(=O)c3cn(C)cn3)C[C@@H]2NC(=O)O)cc1. The van der Waals surface area contributed by atoms with Gasteiger partial charge < -0.3 is 19.7 Å². The lowest BCUT2D eigenvalue weighted by molar-refractivity contribution is 0.189. The van der Waals surface area contributed by atoms with E-state index in [9.17, 15) is 13.2 Å². The normalized spacial score (nSPS) is 20.8. The molecule has 2 N–H and O–H groups in total. The summed E-state index contributed by atoms with van der Waals surface area (Å²) < 4.78 is 33.6. The first-order valence-electron chi connectivity index (χ1n) is 7.93. The topological polar surface area (TPSA) is 114 Å². The number of aryl methyl sites for hydroxylation is 1. The van der Waals surface area contributed by atoms with Gasteiger partial charge in [-0.1, -0.05) is 12.1 Å². The highest BCUT2D eigenvalue weighted by molar-refractivity contribution is 7.89. The minimum atomic E-state index is -3.80. The number of sulfonamides is 1. The molecule has 1 aliphatic heterocycles. The van der Waals surface area contributed by atoms with Crippen molar-refractivity contribution in [3.63, 3.8) is 0 Å². The molecule has 10 heteroatoms. The van der Waals surface area contributed by atoms with Gasteiger partial charge in [0.15, 0.2) is 5.03 Å². The number of hydrogen-bond donors (Lipinski definition) is 2. The average Bonchev–Trinajstić information content (AvgIpc) is 3.22. The predicted molar refractivity (Wildman–Crippen MR) is 92.7 cm³/mol. The Kier molecular flexibility index (Phi) is 4.88. The molecule has 0 spiro atoms. The second-order valence-corrected chi connectivity index (χ2v) is 8.02. The first-order chi connectivity index (χ1) is 12.3. The van der Waals surface area contributed by atoms with Crippen molar-refractivity contribution in [2.24, 2.45) is 7.05 Å². The number of ether oxygens (including phenoxy) is 1. The zero-order valence-corrected chi connectivity index (χ0v) is 15.2. The average molecular weight is 380 g/mol. The van der Waals surface area contributed by atoms with Crippen LogP contribution in [0.25, 0.3) is 0 Å². The number of carbonyl (C=O) groups is 1. The number of nitrogens with one attached hydrogen (secondary N) is 1. The van der Waals surface area contributed by atoms with E-state index in [-0.39, 0.29) is 24.0 Å². The Labute approximate surface area is 151 Å². The van der Waals surface area contributed by atoms with Crippen molar-refractivity contribution in [2.45, 2.75) is 17.0 Å². The van der Waals surface area contributed by atoms with E-state index in [1.165, 1.54) is 16.8 Å². The van der Waals surface area contributed by atoms with Crippen molar-refractivity contribution in [3.8, 4) is 5.75 Å². The predicted octanol–water partition coefficient (Wildman–Crippen LogP) is 0.853. The van der Waals surface area contributed by atoms with Gasteiger partial charge in [-0.2, -0.15) is 4.31 Å². The summed E-state index contributed by atoms with van der Waals surface area (Å²) in [5, 5.41) is 11.5. The number of carboxylic acid groups (broad SMARTS) is 1. The van der Waals surface area contributed by atoms with Gasteiger partial charge in [0, 0.05) is 32.3 Å². The van der Waals surface area contributed by atoms with E-state index < -0.39 is 22.2 Å². The molecule has 140 valence electrons. The van der Waals surface area contributed by atoms with Gasteiger partial charge in [0.05, 0.1) is 19.5 Å². The number of imidazole rings is 1. The summed E-state index contributed by atoms with van der Waals surface area (Å²) in [5.74, 6) is 0.364. The summed E-state index contributed by atoms with van der Waals surface area (Å²) in [4.78, 5) is 15.1. The molecule has 0 saturated carbocycles. The molecule has 0 radical (unpaired) electrons. The maximum Gasteiger partial charge on any atom is 0.404 e. The minimum Gasteiger partial charge on any atom is -0.497 e. The van der Waals surface area contributed by atoms with Crippen molar-refractivity contribution < 1.29 is 23.1 Å². The highest BCUT2D eigenvalue weighted by Crippen LogP contribution is 2.32. The van der Waals surface area contributed by atoms with E-state index in [2.05, 4.69) is 10.3 Å². The number of aromatic nitrogens is 2. The number of amides is 1. The van der Waals surface area contributed by atoms with Crippen molar-refractivity contribution in [3.05, 3.63) is 42.4 Å². The lowest BCUT2D eigenvalue weighted by Gasteiger charge is -2.18. The lowest BCUT2D eigenvalue weighted by atomic mass is 9.94. The summed E-state index contributed by atoms with van der Waals surface area (Å²) in [6.07, 6.45) is 1.65. The van der Waals surface area contributed by atoms with Crippen LogP contribution in [0.5, 0.6) is 5.75 Å². The molecule has 2 atom stereocenters. The second kappa shape index (κ2) is 6.96. The third kappa shape index (κ3) is 3.51. The second-order valence-electron chi connectivity index (χ2n) is 6.14. The van der Waals surface area contributed by atoms with Gasteiger partial charge in [-0.05, 0) is 17.7 Å². The maximum absolute atomic E-state index is 12.8. The molecule has 1 aromatic heterocycles. The molecule has 2 aromatic rings. The molecule has 1 aromatic carbocycles. The first-order valence-corrected chi connectivity index (χ1v) is 9.37. The largest absolute Gasteiger partial charge is 0.497 e. The quantitative estimate of drug-likeness (QED) is 0.795. The van der Waals surface area contributed by atoms with E-state index in [4.69, 9.17) is 9.84 Å². The molecule has 1 aliphatic rings. The molecule has 0 aliphatic carbocycles. The summed E-state index contributed by atoms with van der Waals surface area (Å²) in [5.41, 5.74) is 0.836. The monoisotopic (exact) mass is 380 g/mol.